The van der Waals surface area contributed by atoms with Crippen LogP contribution in [0.5, 0.6) is 0 Å². The first-order valence-corrected chi connectivity index (χ1v) is 9.94. The number of benzene rings is 2. The molecule has 0 aromatic heterocycles. The first-order chi connectivity index (χ1) is 13.7. The van der Waals surface area contributed by atoms with Gasteiger partial charge in [0, 0.05) is 43.6 Å². The van der Waals surface area contributed by atoms with Crippen molar-refractivity contribution in [2.45, 2.75) is 18.9 Å². The Hall–Kier alpha value is -2.60. The zero-order valence-electron chi connectivity index (χ0n) is 15.9. The minimum absolute atomic E-state index is 0.0766. The molecule has 2 fully saturated rings. The Morgan fingerprint density at radius 1 is 1.04 bits per heavy atom. The average molecular weight is 383 g/mol. The number of likely N-dealkylation sites (tertiary alicyclic amines) is 1. The molecule has 1 N–H and O–H groups in total. The fourth-order valence-electron chi connectivity index (χ4n) is 3.97. The van der Waals surface area contributed by atoms with Gasteiger partial charge < -0.3 is 19.9 Å². The van der Waals surface area contributed by atoms with E-state index in [9.17, 15) is 9.18 Å². The molecule has 1 amide bonds. The molecule has 2 aromatic rings. The second kappa shape index (κ2) is 8.61. The van der Waals surface area contributed by atoms with Crippen LogP contribution in [0, 0.1) is 5.82 Å². The van der Waals surface area contributed by atoms with E-state index in [0.29, 0.717) is 19.8 Å². The maximum Gasteiger partial charge on any atom is 0.256 e. The second-order valence-corrected chi connectivity index (χ2v) is 7.36. The summed E-state index contributed by atoms with van der Waals surface area (Å²) in [6.07, 6.45) is 1.94. The fraction of sp³-hybridized carbons (Fsp3) is 0.409. The highest BCUT2D eigenvalue weighted by atomic mass is 19.1. The number of carbonyl (C=O) groups is 1. The molecular formula is C22H26FN3O2. The van der Waals surface area contributed by atoms with Crippen molar-refractivity contribution in [1.29, 1.82) is 0 Å². The molecular weight excluding hydrogens is 357 g/mol. The van der Waals surface area contributed by atoms with Crippen molar-refractivity contribution in [3.8, 4) is 0 Å². The molecule has 5 nitrogen and oxygen atoms in total. The van der Waals surface area contributed by atoms with Gasteiger partial charge >= 0.3 is 0 Å². The third-order valence-corrected chi connectivity index (χ3v) is 5.41. The monoisotopic (exact) mass is 383 g/mol. The number of carbonyl (C=O) groups excluding carboxylic acids is 1. The summed E-state index contributed by atoms with van der Waals surface area (Å²) in [5, 5.41) is 3.43. The summed E-state index contributed by atoms with van der Waals surface area (Å²) in [7, 11) is 0. The van der Waals surface area contributed by atoms with Crippen LogP contribution in [0.1, 0.15) is 23.2 Å². The molecule has 2 aliphatic heterocycles. The molecule has 1 atom stereocenters. The first-order valence-electron chi connectivity index (χ1n) is 9.94. The summed E-state index contributed by atoms with van der Waals surface area (Å²) >= 11 is 0. The van der Waals surface area contributed by atoms with Gasteiger partial charge in [0.05, 0.1) is 18.8 Å². The molecule has 2 heterocycles. The van der Waals surface area contributed by atoms with Gasteiger partial charge in [0.1, 0.15) is 5.82 Å². The Morgan fingerprint density at radius 3 is 2.57 bits per heavy atom. The van der Waals surface area contributed by atoms with Gasteiger partial charge in [-0.25, -0.2) is 4.39 Å². The lowest BCUT2D eigenvalue weighted by molar-refractivity contribution is 0.0714. The van der Waals surface area contributed by atoms with Crippen LogP contribution < -0.4 is 10.2 Å². The van der Waals surface area contributed by atoms with Crippen LogP contribution in [-0.2, 0) is 4.74 Å². The lowest BCUT2D eigenvalue weighted by atomic mass is 10.0. The molecule has 0 saturated carbocycles. The van der Waals surface area contributed by atoms with E-state index >= 15 is 0 Å². The topological polar surface area (TPSA) is 44.8 Å². The van der Waals surface area contributed by atoms with Gasteiger partial charge in [-0.05, 0) is 49.2 Å². The van der Waals surface area contributed by atoms with Gasteiger partial charge in [0.2, 0.25) is 0 Å². The zero-order chi connectivity index (χ0) is 19.3. The molecule has 0 aliphatic carbocycles. The summed E-state index contributed by atoms with van der Waals surface area (Å²) in [5.74, 6) is -0.168. The number of nitrogens with one attached hydrogen (secondary N) is 1. The normalized spacial score (nSPS) is 20.1. The SMILES string of the molecule is O=C(c1ccccc1N1CCOCC1)N1CCC[C@@H](Nc2ccc(F)cc2)C1. The predicted octanol–water partition coefficient (Wildman–Crippen LogP) is 3.38. The van der Waals surface area contributed by atoms with E-state index in [2.05, 4.69) is 10.2 Å². The molecule has 2 aromatic carbocycles. The Kier molecular flexibility index (Phi) is 5.76. The minimum atomic E-state index is -0.245. The number of amides is 1. The molecule has 6 heteroatoms. The largest absolute Gasteiger partial charge is 0.381 e. The van der Waals surface area contributed by atoms with E-state index in [1.807, 2.05) is 29.2 Å². The number of anilines is 2. The maximum absolute atomic E-state index is 13.3. The standard InChI is InChI=1S/C22H26FN3O2/c23-17-7-9-18(10-8-17)24-19-4-3-11-26(16-19)22(27)20-5-1-2-6-21(20)25-12-14-28-15-13-25/h1-2,5-10,19,24H,3-4,11-16H2/t19-/m1/s1. The smallest absolute Gasteiger partial charge is 0.256 e. The molecule has 0 spiro atoms. The first kappa shape index (κ1) is 18.7. The van der Waals surface area contributed by atoms with Crippen molar-refractivity contribution in [2.75, 3.05) is 49.6 Å². The summed E-state index contributed by atoms with van der Waals surface area (Å²) in [5.41, 5.74) is 2.63. The van der Waals surface area contributed by atoms with Crippen LogP contribution in [0.15, 0.2) is 48.5 Å². The quantitative estimate of drug-likeness (QED) is 0.879. The zero-order valence-corrected chi connectivity index (χ0v) is 15.9. The number of ether oxygens (including phenoxy) is 1. The van der Waals surface area contributed by atoms with Gasteiger partial charge in [-0.3, -0.25) is 4.79 Å². The van der Waals surface area contributed by atoms with Gasteiger partial charge in [-0.2, -0.15) is 0 Å². The molecule has 148 valence electrons. The highest BCUT2D eigenvalue weighted by molar-refractivity contribution is 6.00. The number of hydrogen-bond donors (Lipinski definition) is 1. The van der Waals surface area contributed by atoms with Crippen molar-refractivity contribution in [3.05, 3.63) is 59.9 Å². The van der Waals surface area contributed by atoms with Crippen LogP contribution in [0.25, 0.3) is 0 Å². The summed E-state index contributed by atoms with van der Waals surface area (Å²) in [6.45, 7) is 4.40. The highest BCUT2D eigenvalue weighted by Gasteiger charge is 2.27. The maximum atomic E-state index is 13.3. The van der Waals surface area contributed by atoms with Crippen LogP contribution in [0.4, 0.5) is 15.8 Å². The lowest BCUT2D eigenvalue weighted by Crippen LogP contribution is -2.46. The Morgan fingerprint density at radius 2 is 1.79 bits per heavy atom. The minimum Gasteiger partial charge on any atom is -0.381 e. The van der Waals surface area contributed by atoms with Gasteiger partial charge in [-0.1, -0.05) is 12.1 Å². The van der Waals surface area contributed by atoms with E-state index < -0.39 is 0 Å². The number of para-hydroxylation sites is 1. The van der Waals surface area contributed by atoms with Crippen molar-refractivity contribution in [3.63, 3.8) is 0 Å². The highest BCUT2D eigenvalue weighted by Crippen LogP contribution is 2.25. The van der Waals surface area contributed by atoms with E-state index in [4.69, 9.17) is 4.74 Å². The Balaban J connectivity index is 1.46. The van der Waals surface area contributed by atoms with E-state index in [1.165, 1.54) is 12.1 Å². The fourth-order valence-corrected chi connectivity index (χ4v) is 3.97. The number of hydrogen-bond acceptors (Lipinski definition) is 4. The second-order valence-electron chi connectivity index (χ2n) is 7.36. The third kappa shape index (κ3) is 4.28. The molecule has 0 radical (unpaired) electrons. The molecule has 0 unspecified atom stereocenters. The summed E-state index contributed by atoms with van der Waals surface area (Å²) < 4.78 is 18.6. The Labute approximate surface area is 165 Å². The number of nitrogens with zero attached hydrogens (tertiary/aromatic N) is 2. The van der Waals surface area contributed by atoms with Crippen molar-refractivity contribution in [1.82, 2.24) is 4.90 Å². The summed E-state index contributed by atoms with van der Waals surface area (Å²) in [6, 6.07) is 14.4. The van der Waals surface area contributed by atoms with Gasteiger partial charge in [0.25, 0.3) is 5.91 Å². The lowest BCUT2D eigenvalue weighted by Gasteiger charge is -2.35. The van der Waals surface area contributed by atoms with Gasteiger partial charge in [-0.15, -0.1) is 0 Å². The molecule has 2 aliphatic rings. The molecule has 4 rings (SSSR count). The predicted molar refractivity (Wildman–Crippen MR) is 108 cm³/mol. The number of halogens is 1. The number of rotatable bonds is 4. The van der Waals surface area contributed by atoms with Crippen molar-refractivity contribution >= 4 is 17.3 Å². The molecule has 2 saturated heterocycles. The Bertz CT molecular complexity index is 806. The van der Waals surface area contributed by atoms with E-state index in [-0.39, 0.29) is 17.8 Å². The molecule has 28 heavy (non-hydrogen) atoms. The van der Waals surface area contributed by atoms with Gasteiger partial charge in [0.15, 0.2) is 0 Å². The van der Waals surface area contributed by atoms with Crippen LogP contribution in [0.3, 0.4) is 0 Å². The number of piperidine rings is 1. The van der Waals surface area contributed by atoms with Crippen molar-refractivity contribution in [2.24, 2.45) is 0 Å². The van der Waals surface area contributed by atoms with Crippen LogP contribution in [-0.4, -0.2) is 56.2 Å². The van der Waals surface area contributed by atoms with Crippen molar-refractivity contribution < 1.29 is 13.9 Å². The third-order valence-electron chi connectivity index (χ3n) is 5.41. The number of morpholine rings is 1. The van der Waals surface area contributed by atoms with Crippen LogP contribution in [0.2, 0.25) is 0 Å². The molecule has 0 bridgehead atoms. The van der Waals surface area contributed by atoms with E-state index in [0.717, 1.165) is 49.4 Å². The average Bonchev–Trinajstić information content (AvgIpc) is 2.76. The van der Waals surface area contributed by atoms with E-state index in [1.54, 1.807) is 12.1 Å². The summed E-state index contributed by atoms with van der Waals surface area (Å²) in [4.78, 5) is 17.5. The van der Waals surface area contributed by atoms with Crippen LogP contribution >= 0.6 is 0 Å².